The number of anilines is 2. The molecule has 4 rings (SSSR count). The molecule has 0 spiro atoms. The molecule has 27 heavy (non-hydrogen) atoms. The highest BCUT2D eigenvalue weighted by atomic mass is 16.5. The zero-order valence-corrected chi connectivity index (χ0v) is 15.6. The number of benzene rings is 1. The van der Waals surface area contributed by atoms with E-state index in [1.807, 2.05) is 24.3 Å². The molecular formula is C20H26N6O. The molecule has 142 valence electrons. The van der Waals surface area contributed by atoms with Gasteiger partial charge in [-0.3, -0.25) is 5.84 Å². The summed E-state index contributed by atoms with van der Waals surface area (Å²) in [5.74, 6) is 7.39. The van der Waals surface area contributed by atoms with Crippen molar-refractivity contribution in [1.29, 1.82) is 0 Å². The Morgan fingerprint density at radius 1 is 1.33 bits per heavy atom. The lowest BCUT2D eigenvalue weighted by atomic mass is 10.0. The molecule has 0 bridgehead atoms. The van der Waals surface area contributed by atoms with Crippen molar-refractivity contribution in [2.75, 3.05) is 23.4 Å². The van der Waals surface area contributed by atoms with Crippen LogP contribution in [0.25, 0.3) is 5.57 Å². The minimum atomic E-state index is -0.0487. The monoisotopic (exact) mass is 366 g/mol. The van der Waals surface area contributed by atoms with Gasteiger partial charge in [0.1, 0.15) is 23.5 Å². The third kappa shape index (κ3) is 3.74. The number of ether oxygens (including phenoxy) is 1. The first-order chi connectivity index (χ1) is 13.0. The Balaban J connectivity index is 1.62. The molecule has 1 atom stereocenters. The lowest BCUT2D eigenvalue weighted by Crippen LogP contribution is -2.27. The van der Waals surface area contributed by atoms with Crippen LogP contribution in [0.15, 0.2) is 37.2 Å². The minimum Gasteiger partial charge on any atom is -0.488 e. The van der Waals surface area contributed by atoms with Crippen LogP contribution in [0.3, 0.4) is 0 Å². The highest BCUT2D eigenvalue weighted by molar-refractivity contribution is 5.84. The molecule has 1 aliphatic heterocycles. The van der Waals surface area contributed by atoms with Gasteiger partial charge < -0.3 is 20.8 Å². The molecule has 2 fully saturated rings. The fourth-order valence-corrected chi connectivity index (χ4v) is 3.34. The van der Waals surface area contributed by atoms with Crippen LogP contribution < -0.4 is 26.6 Å². The zero-order valence-electron chi connectivity index (χ0n) is 15.6. The molecule has 0 unspecified atom stereocenters. The smallest absolute Gasteiger partial charge is 0.132 e. The standard InChI is InChI=1S/C20H26N6O/c1-13(18-10-19(24-12-23-18)26-8-5-14(21)11-26)16-9-15(3-4-17(16)25-22)27-20(2)6-7-20/h3-4,9-10,12,14,25H,1,5-8,11,21-22H2,2H3/t14-/m1/s1. The van der Waals surface area contributed by atoms with E-state index in [0.29, 0.717) is 0 Å². The topological polar surface area (TPSA) is 102 Å². The third-order valence-electron chi connectivity index (χ3n) is 5.30. The van der Waals surface area contributed by atoms with Crippen LogP contribution >= 0.6 is 0 Å². The SMILES string of the molecule is C=C(c1cc(N2CC[C@@H](N)C2)ncn1)c1cc(OC2(C)CC2)ccc1NN. The van der Waals surface area contributed by atoms with Crippen molar-refractivity contribution in [3.05, 3.63) is 48.4 Å². The summed E-state index contributed by atoms with van der Waals surface area (Å²) in [5.41, 5.74) is 11.9. The normalized spacial score (nSPS) is 20.4. The summed E-state index contributed by atoms with van der Waals surface area (Å²) in [4.78, 5) is 11.0. The van der Waals surface area contributed by atoms with Crippen molar-refractivity contribution in [3.8, 4) is 5.75 Å². The van der Waals surface area contributed by atoms with E-state index in [0.717, 1.165) is 66.4 Å². The quantitative estimate of drug-likeness (QED) is 0.532. The van der Waals surface area contributed by atoms with Crippen LogP contribution in [0.4, 0.5) is 11.5 Å². The molecule has 5 N–H and O–H groups in total. The van der Waals surface area contributed by atoms with Gasteiger partial charge in [-0.2, -0.15) is 0 Å². The van der Waals surface area contributed by atoms with Gasteiger partial charge in [-0.15, -0.1) is 0 Å². The largest absolute Gasteiger partial charge is 0.488 e. The van der Waals surface area contributed by atoms with Gasteiger partial charge in [0.05, 0.1) is 11.4 Å². The van der Waals surface area contributed by atoms with Gasteiger partial charge in [-0.05, 0) is 44.4 Å². The van der Waals surface area contributed by atoms with E-state index in [1.165, 1.54) is 0 Å². The van der Waals surface area contributed by atoms with Crippen LogP contribution in [0.2, 0.25) is 0 Å². The molecule has 0 amide bonds. The number of nitrogens with zero attached hydrogens (tertiary/aromatic N) is 3. The van der Waals surface area contributed by atoms with Crippen molar-refractivity contribution >= 4 is 17.1 Å². The molecule has 2 heterocycles. The van der Waals surface area contributed by atoms with Gasteiger partial charge in [0.25, 0.3) is 0 Å². The van der Waals surface area contributed by atoms with Crippen molar-refractivity contribution in [2.45, 2.75) is 37.8 Å². The van der Waals surface area contributed by atoms with Crippen LogP contribution in [0.1, 0.15) is 37.4 Å². The molecule has 7 heteroatoms. The lowest BCUT2D eigenvalue weighted by Gasteiger charge is -2.19. The average Bonchev–Trinajstić information content (AvgIpc) is 3.23. The van der Waals surface area contributed by atoms with Crippen molar-refractivity contribution in [2.24, 2.45) is 11.6 Å². The summed E-state index contributed by atoms with van der Waals surface area (Å²) < 4.78 is 6.09. The molecule has 0 radical (unpaired) electrons. The van der Waals surface area contributed by atoms with E-state index in [2.05, 4.69) is 33.8 Å². The van der Waals surface area contributed by atoms with Gasteiger partial charge in [-0.25, -0.2) is 9.97 Å². The molecule has 7 nitrogen and oxygen atoms in total. The predicted molar refractivity (Wildman–Crippen MR) is 107 cm³/mol. The van der Waals surface area contributed by atoms with Crippen molar-refractivity contribution in [1.82, 2.24) is 9.97 Å². The fraction of sp³-hybridized carbons (Fsp3) is 0.400. The van der Waals surface area contributed by atoms with Crippen LogP contribution in [0, 0.1) is 0 Å². The third-order valence-corrected chi connectivity index (χ3v) is 5.30. The number of nitrogens with two attached hydrogens (primary N) is 2. The predicted octanol–water partition coefficient (Wildman–Crippen LogP) is 2.29. The maximum atomic E-state index is 6.09. The Hall–Kier alpha value is -2.64. The summed E-state index contributed by atoms with van der Waals surface area (Å²) in [7, 11) is 0. The fourth-order valence-electron chi connectivity index (χ4n) is 3.34. The first-order valence-corrected chi connectivity index (χ1v) is 9.29. The number of hydrazine groups is 1. The summed E-state index contributed by atoms with van der Waals surface area (Å²) >= 11 is 0. The second-order valence-corrected chi connectivity index (χ2v) is 7.64. The molecule has 2 aliphatic rings. The Morgan fingerprint density at radius 2 is 2.15 bits per heavy atom. The minimum absolute atomic E-state index is 0.0487. The number of nitrogens with one attached hydrogen (secondary N) is 1. The Labute approximate surface area is 159 Å². The van der Waals surface area contributed by atoms with Gasteiger partial charge >= 0.3 is 0 Å². The van der Waals surface area contributed by atoms with Gasteiger partial charge in [0, 0.05) is 36.3 Å². The summed E-state index contributed by atoms with van der Waals surface area (Å²) in [5, 5.41) is 0. The van der Waals surface area contributed by atoms with E-state index < -0.39 is 0 Å². The second kappa shape index (κ2) is 6.83. The molecular weight excluding hydrogens is 340 g/mol. The van der Waals surface area contributed by atoms with Crippen LogP contribution in [-0.2, 0) is 0 Å². The first-order valence-electron chi connectivity index (χ1n) is 9.29. The van der Waals surface area contributed by atoms with E-state index in [1.54, 1.807) is 6.33 Å². The van der Waals surface area contributed by atoms with Gasteiger partial charge in [0.15, 0.2) is 0 Å². The zero-order chi connectivity index (χ0) is 19.0. The summed E-state index contributed by atoms with van der Waals surface area (Å²) in [6.07, 6.45) is 4.70. The highest BCUT2D eigenvalue weighted by Crippen LogP contribution is 2.41. The number of aromatic nitrogens is 2. The Kier molecular flexibility index (Phi) is 4.49. The van der Waals surface area contributed by atoms with Gasteiger partial charge in [-0.1, -0.05) is 6.58 Å². The Morgan fingerprint density at radius 3 is 2.81 bits per heavy atom. The highest BCUT2D eigenvalue weighted by Gasteiger charge is 2.40. The van der Waals surface area contributed by atoms with Crippen molar-refractivity contribution < 1.29 is 4.74 Å². The number of nitrogen functional groups attached to an aromatic ring is 1. The maximum Gasteiger partial charge on any atom is 0.132 e. The van der Waals surface area contributed by atoms with Gasteiger partial charge in [0.2, 0.25) is 0 Å². The second-order valence-electron chi connectivity index (χ2n) is 7.64. The Bertz CT molecular complexity index is 863. The van der Waals surface area contributed by atoms with Crippen LogP contribution in [-0.4, -0.2) is 34.7 Å². The van der Waals surface area contributed by atoms with E-state index >= 15 is 0 Å². The summed E-state index contributed by atoms with van der Waals surface area (Å²) in [6.45, 7) is 8.08. The van der Waals surface area contributed by atoms with E-state index in [9.17, 15) is 0 Å². The van der Waals surface area contributed by atoms with E-state index in [4.69, 9.17) is 16.3 Å². The van der Waals surface area contributed by atoms with E-state index in [-0.39, 0.29) is 11.6 Å². The maximum absolute atomic E-state index is 6.09. The molecule has 1 saturated heterocycles. The lowest BCUT2D eigenvalue weighted by molar-refractivity contribution is 0.200. The molecule has 2 aromatic rings. The first kappa shape index (κ1) is 17.8. The number of hydrogen-bond donors (Lipinski definition) is 3. The molecule has 1 aliphatic carbocycles. The number of rotatable bonds is 6. The van der Waals surface area contributed by atoms with Crippen LogP contribution in [0.5, 0.6) is 5.75 Å². The summed E-state index contributed by atoms with van der Waals surface area (Å²) in [6, 6.07) is 7.94. The number of hydrogen-bond acceptors (Lipinski definition) is 7. The van der Waals surface area contributed by atoms with Crippen molar-refractivity contribution in [3.63, 3.8) is 0 Å². The molecule has 1 aromatic heterocycles. The molecule has 1 saturated carbocycles. The molecule has 1 aromatic carbocycles. The average molecular weight is 366 g/mol.